The SMILES string of the molecule is O=C(CCc1ccc2c(c1)CN(C(=O)c1ccc(Cl)cc1)CC(=O)N2Cc1ccc(C(=O)N2CC=CC2)cc1)N1CCCC1. The molecule has 0 bridgehead atoms. The third kappa shape index (κ3) is 6.55. The van der Waals surface area contributed by atoms with Crippen molar-refractivity contribution in [2.45, 2.75) is 38.8 Å². The Hall–Kier alpha value is -4.43. The maximum Gasteiger partial charge on any atom is 0.254 e. The summed E-state index contributed by atoms with van der Waals surface area (Å²) in [5, 5.41) is 0.531. The quantitative estimate of drug-likeness (QED) is 0.349. The van der Waals surface area contributed by atoms with Gasteiger partial charge in [-0.25, -0.2) is 0 Å². The summed E-state index contributed by atoms with van der Waals surface area (Å²) in [6.45, 7) is 3.33. The molecule has 226 valence electrons. The van der Waals surface area contributed by atoms with Gasteiger partial charge < -0.3 is 19.6 Å². The van der Waals surface area contributed by atoms with Crippen LogP contribution in [-0.2, 0) is 29.1 Å². The molecule has 8 nitrogen and oxygen atoms in total. The van der Waals surface area contributed by atoms with Gasteiger partial charge in [0.2, 0.25) is 11.8 Å². The van der Waals surface area contributed by atoms with Crippen molar-refractivity contribution in [2.75, 3.05) is 37.6 Å². The maximum atomic E-state index is 13.8. The molecule has 3 aromatic carbocycles. The molecule has 0 radical (unpaired) electrons. The molecule has 1 fully saturated rings. The molecule has 0 N–H and O–H groups in total. The Morgan fingerprint density at radius 3 is 2.00 bits per heavy atom. The van der Waals surface area contributed by atoms with Gasteiger partial charge in [0, 0.05) is 61.0 Å². The number of likely N-dealkylation sites (tertiary alicyclic amines) is 1. The molecule has 44 heavy (non-hydrogen) atoms. The van der Waals surface area contributed by atoms with Crippen molar-refractivity contribution in [3.63, 3.8) is 0 Å². The molecule has 3 aliphatic rings. The van der Waals surface area contributed by atoms with Gasteiger partial charge in [0.05, 0.1) is 6.54 Å². The molecule has 3 aliphatic heterocycles. The zero-order chi connectivity index (χ0) is 30.6. The van der Waals surface area contributed by atoms with Gasteiger partial charge in [-0.2, -0.15) is 0 Å². The lowest BCUT2D eigenvalue weighted by Gasteiger charge is -2.24. The van der Waals surface area contributed by atoms with Crippen LogP contribution in [0.2, 0.25) is 5.02 Å². The first-order valence-corrected chi connectivity index (χ1v) is 15.5. The number of amides is 4. The number of hydrogen-bond donors (Lipinski definition) is 0. The van der Waals surface area contributed by atoms with Crippen LogP contribution in [0.4, 0.5) is 5.69 Å². The number of hydrogen-bond acceptors (Lipinski definition) is 4. The Balaban J connectivity index is 1.25. The van der Waals surface area contributed by atoms with E-state index in [0.29, 0.717) is 48.6 Å². The van der Waals surface area contributed by atoms with Crippen LogP contribution in [0.25, 0.3) is 0 Å². The monoisotopic (exact) mass is 610 g/mol. The van der Waals surface area contributed by atoms with Crippen molar-refractivity contribution in [3.8, 4) is 0 Å². The highest BCUT2D eigenvalue weighted by molar-refractivity contribution is 6.30. The average molecular weight is 611 g/mol. The van der Waals surface area contributed by atoms with Crippen molar-refractivity contribution < 1.29 is 19.2 Å². The second-order valence-electron chi connectivity index (χ2n) is 11.6. The number of halogens is 1. The summed E-state index contributed by atoms with van der Waals surface area (Å²) >= 11 is 6.05. The number of carbonyl (C=O) groups excluding carboxylic acids is 4. The Labute approximate surface area is 262 Å². The first kappa shape index (κ1) is 29.6. The zero-order valence-corrected chi connectivity index (χ0v) is 25.3. The van der Waals surface area contributed by atoms with Gasteiger partial charge >= 0.3 is 0 Å². The van der Waals surface area contributed by atoms with Crippen molar-refractivity contribution in [1.82, 2.24) is 14.7 Å². The largest absolute Gasteiger partial charge is 0.343 e. The fraction of sp³-hybridized carbons (Fsp3) is 0.314. The van der Waals surface area contributed by atoms with Crippen LogP contribution in [-0.4, -0.2) is 71.1 Å². The van der Waals surface area contributed by atoms with Crippen LogP contribution in [0.5, 0.6) is 0 Å². The average Bonchev–Trinajstić information content (AvgIpc) is 3.76. The van der Waals surface area contributed by atoms with Crippen molar-refractivity contribution >= 4 is 40.9 Å². The van der Waals surface area contributed by atoms with Crippen LogP contribution in [0.1, 0.15) is 56.7 Å². The topological polar surface area (TPSA) is 81.2 Å². The van der Waals surface area contributed by atoms with Crippen LogP contribution in [0, 0.1) is 0 Å². The second-order valence-corrected chi connectivity index (χ2v) is 12.0. The summed E-state index contributed by atoms with van der Waals surface area (Å²) < 4.78 is 0. The van der Waals surface area contributed by atoms with Gasteiger partial charge in [-0.1, -0.05) is 48.0 Å². The van der Waals surface area contributed by atoms with Gasteiger partial charge in [0.25, 0.3) is 11.8 Å². The molecule has 3 aromatic rings. The lowest BCUT2D eigenvalue weighted by Crippen LogP contribution is -2.39. The molecule has 4 amide bonds. The van der Waals surface area contributed by atoms with Crippen LogP contribution in [0.15, 0.2) is 78.9 Å². The normalized spacial score (nSPS) is 16.3. The zero-order valence-electron chi connectivity index (χ0n) is 24.6. The highest BCUT2D eigenvalue weighted by Crippen LogP contribution is 2.30. The smallest absolute Gasteiger partial charge is 0.254 e. The lowest BCUT2D eigenvalue weighted by atomic mass is 10.0. The molecule has 0 unspecified atom stereocenters. The van der Waals surface area contributed by atoms with E-state index in [-0.39, 0.29) is 36.7 Å². The number of nitrogens with zero attached hydrogens (tertiary/aromatic N) is 4. The van der Waals surface area contributed by atoms with E-state index in [1.54, 1.807) is 51.1 Å². The first-order chi connectivity index (χ1) is 21.4. The second kappa shape index (κ2) is 13.1. The molecule has 9 heteroatoms. The molecule has 0 saturated carbocycles. The van der Waals surface area contributed by atoms with E-state index < -0.39 is 0 Å². The van der Waals surface area contributed by atoms with Crippen LogP contribution in [0.3, 0.4) is 0 Å². The molecule has 0 aromatic heterocycles. The Morgan fingerprint density at radius 1 is 0.705 bits per heavy atom. The predicted octanol–water partition coefficient (Wildman–Crippen LogP) is 5.10. The number of aryl methyl sites for hydroxylation is 1. The third-order valence-corrected chi connectivity index (χ3v) is 8.79. The predicted molar refractivity (Wildman–Crippen MR) is 169 cm³/mol. The molecular weight excluding hydrogens is 576 g/mol. The number of fused-ring (bicyclic) bond motifs is 1. The van der Waals surface area contributed by atoms with E-state index in [2.05, 4.69) is 0 Å². The van der Waals surface area contributed by atoms with Crippen molar-refractivity contribution in [3.05, 3.63) is 112 Å². The van der Waals surface area contributed by atoms with E-state index in [9.17, 15) is 19.2 Å². The summed E-state index contributed by atoms with van der Waals surface area (Å²) in [7, 11) is 0. The van der Waals surface area contributed by atoms with Crippen molar-refractivity contribution in [2.24, 2.45) is 0 Å². The Kier molecular flexibility index (Phi) is 8.79. The Bertz CT molecular complexity index is 1590. The third-order valence-electron chi connectivity index (χ3n) is 8.53. The highest BCUT2D eigenvalue weighted by Gasteiger charge is 2.30. The standard InChI is InChI=1S/C35H35ClN4O4/c36-30-13-11-28(12-14-30)35(44)39-23-29-21-25(8-16-32(41)37-17-1-2-18-37)7-15-31(29)40(33(42)24-39)22-26-5-9-27(10-6-26)34(43)38-19-3-4-20-38/h3-7,9-15,21H,1-2,8,16-20,22-24H2. The Morgan fingerprint density at radius 2 is 1.32 bits per heavy atom. The van der Waals surface area contributed by atoms with E-state index >= 15 is 0 Å². The van der Waals surface area contributed by atoms with Gasteiger partial charge in [0.1, 0.15) is 6.54 Å². The number of benzene rings is 3. The minimum Gasteiger partial charge on any atom is -0.343 e. The van der Waals surface area contributed by atoms with E-state index in [1.807, 2.05) is 47.4 Å². The lowest BCUT2D eigenvalue weighted by molar-refractivity contribution is -0.130. The van der Waals surface area contributed by atoms with Crippen LogP contribution >= 0.6 is 11.6 Å². The molecule has 0 aliphatic carbocycles. The minimum absolute atomic E-state index is 0.0233. The van der Waals surface area contributed by atoms with Crippen LogP contribution < -0.4 is 4.90 Å². The van der Waals surface area contributed by atoms with Gasteiger partial charge in [-0.05, 0) is 78.4 Å². The molecular formula is C35H35ClN4O4. The first-order valence-electron chi connectivity index (χ1n) is 15.1. The fourth-order valence-electron chi connectivity index (χ4n) is 6.06. The molecule has 3 heterocycles. The molecule has 6 rings (SSSR count). The highest BCUT2D eigenvalue weighted by atomic mass is 35.5. The van der Waals surface area contributed by atoms with E-state index in [0.717, 1.165) is 48.3 Å². The molecule has 1 saturated heterocycles. The van der Waals surface area contributed by atoms with E-state index in [1.165, 1.54) is 0 Å². The summed E-state index contributed by atoms with van der Waals surface area (Å²) in [4.78, 5) is 59.8. The number of rotatable bonds is 7. The maximum absolute atomic E-state index is 13.8. The van der Waals surface area contributed by atoms with E-state index in [4.69, 9.17) is 11.6 Å². The van der Waals surface area contributed by atoms with Gasteiger partial charge in [-0.3, -0.25) is 19.2 Å². The fourth-order valence-corrected chi connectivity index (χ4v) is 6.18. The van der Waals surface area contributed by atoms with Gasteiger partial charge in [-0.15, -0.1) is 0 Å². The minimum atomic E-state index is -0.253. The summed E-state index contributed by atoms with van der Waals surface area (Å²) in [6, 6.07) is 19.9. The van der Waals surface area contributed by atoms with Gasteiger partial charge in [0.15, 0.2) is 0 Å². The molecule has 0 atom stereocenters. The molecule has 0 spiro atoms. The number of anilines is 1. The summed E-state index contributed by atoms with van der Waals surface area (Å²) in [6.07, 6.45) is 7.08. The number of carbonyl (C=O) groups is 4. The van der Waals surface area contributed by atoms with Crippen molar-refractivity contribution in [1.29, 1.82) is 0 Å². The summed E-state index contributed by atoms with van der Waals surface area (Å²) in [5.41, 5.74) is 4.50. The summed E-state index contributed by atoms with van der Waals surface area (Å²) in [5.74, 6) is -0.315.